The molecule has 2 aromatic rings. The molecule has 3 rings (SSSR count). The number of pyridine rings is 1. The molecular weight excluding hydrogens is 290 g/mol. The summed E-state index contributed by atoms with van der Waals surface area (Å²) in [6, 6.07) is 3.75. The van der Waals surface area contributed by atoms with Gasteiger partial charge in [-0.3, -0.25) is 0 Å². The predicted molar refractivity (Wildman–Crippen MR) is 82.0 cm³/mol. The second-order valence-electron chi connectivity index (χ2n) is 5.77. The molecule has 2 atom stereocenters. The van der Waals surface area contributed by atoms with E-state index in [1.807, 2.05) is 19.1 Å². The second-order valence-corrected chi connectivity index (χ2v) is 6.43. The Hall–Kier alpha value is -1.33. The fourth-order valence-electron chi connectivity index (χ4n) is 2.97. The lowest BCUT2D eigenvalue weighted by molar-refractivity contribution is 0.00986. The molecule has 1 aliphatic heterocycles. The Morgan fingerprint density at radius 2 is 2.24 bits per heavy atom. The van der Waals surface area contributed by atoms with Crippen molar-refractivity contribution in [3.05, 3.63) is 18.0 Å². The molecule has 0 radical (unpaired) electrons. The van der Waals surface area contributed by atoms with E-state index >= 15 is 0 Å². The van der Waals surface area contributed by atoms with E-state index in [0.29, 0.717) is 12.5 Å². The predicted octanol–water partition coefficient (Wildman–Crippen LogP) is 3.27. The van der Waals surface area contributed by atoms with Crippen molar-refractivity contribution in [3.63, 3.8) is 0 Å². The van der Waals surface area contributed by atoms with Crippen LogP contribution in [-0.2, 0) is 10.3 Å². The Morgan fingerprint density at radius 3 is 2.86 bits per heavy atom. The highest BCUT2D eigenvalue weighted by Crippen LogP contribution is 2.35. The van der Waals surface area contributed by atoms with Crippen LogP contribution in [0, 0.1) is 0 Å². The van der Waals surface area contributed by atoms with Gasteiger partial charge in [0.25, 0.3) is 0 Å². The molecule has 0 saturated carbocycles. The molecule has 1 fully saturated rings. The molecule has 114 valence electrons. The highest BCUT2D eigenvalue weighted by molar-refractivity contribution is 6.20. The zero-order valence-corrected chi connectivity index (χ0v) is 13.4. The summed E-state index contributed by atoms with van der Waals surface area (Å²) in [6.07, 6.45) is 2.05. The summed E-state index contributed by atoms with van der Waals surface area (Å²) in [5, 5.41) is -0.191. The molecule has 3 heterocycles. The third-order valence-electron chi connectivity index (χ3n) is 4.03. The van der Waals surface area contributed by atoms with Gasteiger partial charge < -0.3 is 14.0 Å². The first kappa shape index (κ1) is 14.6. The molecule has 2 unspecified atom stereocenters. The average molecular weight is 310 g/mol. The van der Waals surface area contributed by atoms with Crippen LogP contribution in [0.4, 0.5) is 0 Å². The fourth-order valence-corrected chi connectivity index (χ4v) is 3.11. The Bertz CT molecular complexity index is 648. The summed E-state index contributed by atoms with van der Waals surface area (Å²) in [5.74, 6) is 1.41. The second kappa shape index (κ2) is 5.46. The van der Waals surface area contributed by atoms with Crippen molar-refractivity contribution in [1.82, 2.24) is 14.5 Å². The van der Waals surface area contributed by atoms with Crippen LogP contribution in [0.2, 0.25) is 0 Å². The van der Waals surface area contributed by atoms with Gasteiger partial charge >= 0.3 is 0 Å². The number of imidazole rings is 1. The molecule has 0 amide bonds. The Kier molecular flexibility index (Phi) is 3.80. The highest BCUT2D eigenvalue weighted by Gasteiger charge is 2.35. The number of alkyl halides is 1. The van der Waals surface area contributed by atoms with Gasteiger partial charge in [-0.2, -0.15) is 4.98 Å². The summed E-state index contributed by atoms with van der Waals surface area (Å²) in [7, 11) is 1.62. The lowest BCUT2D eigenvalue weighted by Crippen LogP contribution is -2.40. The van der Waals surface area contributed by atoms with Crippen LogP contribution in [0.15, 0.2) is 12.1 Å². The lowest BCUT2D eigenvalue weighted by atomic mass is 9.94. The summed E-state index contributed by atoms with van der Waals surface area (Å²) in [5.41, 5.74) is 1.47. The Balaban J connectivity index is 2.23. The van der Waals surface area contributed by atoms with Gasteiger partial charge in [0.2, 0.25) is 5.88 Å². The number of halogens is 1. The summed E-state index contributed by atoms with van der Waals surface area (Å²) < 4.78 is 13.1. The van der Waals surface area contributed by atoms with E-state index in [2.05, 4.69) is 21.5 Å². The minimum Gasteiger partial charge on any atom is -0.481 e. The van der Waals surface area contributed by atoms with Crippen molar-refractivity contribution in [2.75, 3.05) is 20.3 Å². The van der Waals surface area contributed by atoms with Crippen LogP contribution in [0.3, 0.4) is 0 Å². The number of rotatable bonds is 3. The molecular formula is C15H20ClN3O2. The SMILES string of the molecule is COc1ccc2nc(C(C)Cl)n(C3(C)CCCOC3)c2n1. The van der Waals surface area contributed by atoms with E-state index in [-0.39, 0.29) is 10.9 Å². The van der Waals surface area contributed by atoms with E-state index in [0.717, 1.165) is 36.4 Å². The van der Waals surface area contributed by atoms with Crippen LogP contribution < -0.4 is 4.74 Å². The van der Waals surface area contributed by atoms with E-state index in [1.54, 1.807) is 7.11 Å². The third kappa shape index (κ3) is 2.49. The van der Waals surface area contributed by atoms with Crippen molar-refractivity contribution in [2.45, 2.75) is 37.6 Å². The van der Waals surface area contributed by atoms with E-state index in [4.69, 9.17) is 21.1 Å². The van der Waals surface area contributed by atoms with Gasteiger partial charge in [0.05, 0.1) is 24.6 Å². The van der Waals surface area contributed by atoms with Crippen LogP contribution in [-0.4, -0.2) is 34.9 Å². The van der Waals surface area contributed by atoms with E-state index < -0.39 is 0 Å². The number of nitrogens with zero attached hydrogens (tertiary/aromatic N) is 3. The molecule has 2 aromatic heterocycles. The highest BCUT2D eigenvalue weighted by atomic mass is 35.5. The summed E-state index contributed by atoms with van der Waals surface area (Å²) in [4.78, 5) is 9.25. The van der Waals surface area contributed by atoms with Crippen molar-refractivity contribution in [3.8, 4) is 5.88 Å². The molecule has 5 nitrogen and oxygen atoms in total. The van der Waals surface area contributed by atoms with Crippen molar-refractivity contribution in [1.29, 1.82) is 0 Å². The molecule has 21 heavy (non-hydrogen) atoms. The molecule has 1 saturated heterocycles. The van der Waals surface area contributed by atoms with Gasteiger partial charge in [-0.1, -0.05) is 0 Å². The van der Waals surface area contributed by atoms with Gasteiger partial charge in [-0.25, -0.2) is 4.98 Å². The molecule has 0 N–H and O–H groups in total. The zero-order valence-electron chi connectivity index (χ0n) is 12.6. The number of hydrogen-bond acceptors (Lipinski definition) is 4. The first-order valence-corrected chi connectivity index (χ1v) is 7.64. The average Bonchev–Trinajstić information content (AvgIpc) is 2.87. The topological polar surface area (TPSA) is 49.2 Å². The van der Waals surface area contributed by atoms with Gasteiger partial charge in [0, 0.05) is 12.7 Å². The first-order chi connectivity index (χ1) is 10.0. The fraction of sp³-hybridized carbons (Fsp3) is 0.600. The largest absolute Gasteiger partial charge is 0.481 e. The summed E-state index contributed by atoms with van der Waals surface area (Å²) in [6.45, 7) is 5.57. The maximum atomic E-state index is 6.35. The van der Waals surface area contributed by atoms with Gasteiger partial charge in [-0.15, -0.1) is 11.6 Å². The van der Waals surface area contributed by atoms with Gasteiger partial charge in [-0.05, 0) is 32.8 Å². The smallest absolute Gasteiger partial charge is 0.215 e. The van der Waals surface area contributed by atoms with Crippen molar-refractivity contribution in [2.24, 2.45) is 0 Å². The zero-order chi connectivity index (χ0) is 15.0. The Morgan fingerprint density at radius 1 is 1.43 bits per heavy atom. The number of fused-ring (bicyclic) bond motifs is 1. The maximum absolute atomic E-state index is 6.35. The minimum atomic E-state index is -0.191. The maximum Gasteiger partial charge on any atom is 0.215 e. The number of ether oxygens (including phenoxy) is 2. The van der Waals surface area contributed by atoms with Crippen molar-refractivity contribution >= 4 is 22.8 Å². The van der Waals surface area contributed by atoms with Crippen LogP contribution in [0.25, 0.3) is 11.2 Å². The number of methoxy groups -OCH3 is 1. The third-order valence-corrected chi connectivity index (χ3v) is 4.22. The van der Waals surface area contributed by atoms with Gasteiger partial charge in [0.1, 0.15) is 11.3 Å². The van der Waals surface area contributed by atoms with Crippen LogP contribution in [0.1, 0.15) is 37.9 Å². The lowest BCUT2D eigenvalue weighted by Gasteiger charge is -2.36. The van der Waals surface area contributed by atoms with Crippen molar-refractivity contribution < 1.29 is 9.47 Å². The number of hydrogen-bond donors (Lipinski definition) is 0. The molecule has 0 aliphatic carbocycles. The Labute approximate surface area is 129 Å². The molecule has 1 aliphatic rings. The quantitative estimate of drug-likeness (QED) is 0.817. The molecule has 0 spiro atoms. The first-order valence-electron chi connectivity index (χ1n) is 7.21. The van der Waals surface area contributed by atoms with Gasteiger partial charge in [0.15, 0.2) is 5.65 Å². The minimum absolute atomic E-state index is 0.176. The number of aromatic nitrogens is 3. The van der Waals surface area contributed by atoms with Crippen LogP contribution in [0.5, 0.6) is 5.88 Å². The molecule has 6 heteroatoms. The normalized spacial score (nSPS) is 24.2. The molecule has 0 aromatic carbocycles. The van der Waals surface area contributed by atoms with E-state index in [9.17, 15) is 0 Å². The standard InChI is InChI=1S/C15H20ClN3O2/c1-10(16)13-17-11-5-6-12(20-3)18-14(11)19(13)15(2)7-4-8-21-9-15/h5-6,10H,4,7-9H2,1-3H3. The molecule has 0 bridgehead atoms. The van der Waals surface area contributed by atoms with Crippen LogP contribution >= 0.6 is 11.6 Å². The summed E-state index contributed by atoms with van der Waals surface area (Å²) >= 11 is 6.35. The van der Waals surface area contributed by atoms with E-state index in [1.165, 1.54) is 0 Å². The monoisotopic (exact) mass is 309 g/mol.